The SMILES string of the molecule is CCn1cccc(-c2nnc(SCCN3CCCCC3)n2C)c1=O. The number of rotatable bonds is 6. The lowest BCUT2D eigenvalue weighted by Crippen LogP contribution is -2.31. The summed E-state index contributed by atoms with van der Waals surface area (Å²) in [5.41, 5.74) is 0.595. The molecule has 7 heteroatoms. The lowest BCUT2D eigenvalue weighted by Gasteiger charge is -2.25. The molecule has 3 rings (SSSR count). The highest BCUT2D eigenvalue weighted by Gasteiger charge is 2.16. The molecule has 0 aliphatic carbocycles. The van der Waals surface area contributed by atoms with Gasteiger partial charge >= 0.3 is 0 Å². The molecule has 0 saturated carbocycles. The molecule has 0 unspecified atom stereocenters. The van der Waals surface area contributed by atoms with Crippen molar-refractivity contribution in [1.82, 2.24) is 24.2 Å². The topological polar surface area (TPSA) is 56.0 Å². The smallest absolute Gasteiger partial charge is 0.261 e. The molecule has 1 saturated heterocycles. The number of hydrogen-bond donors (Lipinski definition) is 0. The van der Waals surface area contributed by atoms with Crippen molar-refractivity contribution in [2.24, 2.45) is 7.05 Å². The molecule has 0 amide bonds. The van der Waals surface area contributed by atoms with Gasteiger partial charge in [-0.25, -0.2) is 0 Å². The number of aryl methyl sites for hydroxylation is 1. The summed E-state index contributed by atoms with van der Waals surface area (Å²) < 4.78 is 3.62. The summed E-state index contributed by atoms with van der Waals surface area (Å²) in [5, 5.41) is 9.40. The minimum Gasteiger partial charge on any atom is -0.315 e. The van der Waals surface area contributed by atoms with E-state index in [1.54, 1.807) is 22.5 Å². The van der Waals surface area contributed by atoms with E-state index in [9.17, 15) is 4.79 Å². The zero-order valence-corrected chi connectivity index (χ0v) is 15.3. The molecular weight excluding hydrogens is 322 g/mol. The molecule has 6 nitrogen and oxygen atoms in total. The van der Waals surface area contributed by atoms with Gasteiger partial charge in [-0.05, 0) is 45.0 Å². The largest absolute Gasteiger partial charge is 0.315 e. The standard InChI is InChI=1S/C17H25N5OS/c1-3-22-11-7-8-14(16(22)23)15-18-19-17(20(15)2)24-13-12-21-9-5-4-6-10-21/h7-8,11H,3-6,9-10,12-13H2,1-2H3. The normalized spacial score (nSPS) is 15.8. The van der Waals surface area contributed by atoms with E-state index in [4.69, 9.17) is 0 Å². The van der Waals surface area contributed by atoms with Gasteiger partial charge in [0.2, 0.25) is 0 Å². The van der Waals surface area contributed by atoms with E-state index in [-0.39, 0.29) is 5.56 Å². The van der Waals surface area contributed by atoms with Crippen LogP contribution in [0.3, 0.4) is 0 Å². The van der Waals surface area contributed by atoms with Gasteiger partial charge in [0.15, 0.2) is 11.0 Å². The van der Waals surface area contributed by atoms with Gasteiger partial charge in [0.05, 0.1) is 5.56 Å². The summed E-state index contributed by atoms with van der Waals surface area (Å²) in [7, 11) is 1.93. The van der Waals surface area contributed by atoms with Crippen LogP contribution in [0.1, 0.15) is 26.2 Å². The highest BCUT2D eigenvalue weighted by Crippen LogP contribution is 2.21. The fraction of sp³-hybridized carbons (Fsp3) is 0.588. The van der Waals surface area contributed by atoms with E-state index in [1.807, 2.05) is 30.7 Å². The van der Waals surface area contributed by atoms with Gasteiger partial charge in [-0.3, -0.25) is 4.79 Å². The molecular formula is C17H25N5OS. The van der Waals surface area contributed by atoms with Crippen LogP contribution in [0.25, 0.3) is 11.4 Å². The van der Waals surface area contributed by atoms with Crippen molar-refractivity contribution >= 4 is 11.8 Å². The Morgan fingerprint density at radius 1 is 1.21 bits per heavy atom. The summed E-state index contributed by atoms with van der Waals surface area (Å²) in [6, 6.07) is 3.71. The van der Waals surface area contributed by atoms with Crippen LogP contribution in [-0.2, 0) is 13.6 Å². The quantitative estimate of drug-likeness (QED) is 0.750. The molecule has 0 spiro atoms. The summed E-state index contributed by atoms with van der Waals surface area (Å²) >= 11 is 1.71. The fourth-order valence-corrected chi connectivity index (χ4v) is 3.99. The van der Waals surface area contributed by atoms with Crippen molar-refractivity contribution in [2.45, 2.75) is 37.9 Å². The third-order valence-electron chi connectivity index (χ3n) is 4.52. The van der Waals surface area contributed by atoms with Gasteiger partial charge < -0.3 is 14.0 Å². The van der Waals surface area contributed by atoms with Gasteiger partial charge in [0.25, 0.3) is 5.56 Å². The van der Waals surface area contributed by atoms with E-state index in [0.29, 0.717) is 17.9 Å². The first-order valence-electron chi connectivity index (χ1n) is 8.65. The van der Waals surface area contributed by atoms with Gasteiger partial charge in [0, 0.05) is 32.1 Å². The molecule has 0 N–H and O–H groups in total. The second-order valence-corrected chi connectivity index (χ2v) is 7.19. The number of pyridine rings is 1. The third kappa shape index (κ3) is 3.72. The number of aromatic nitrogens is 4. The predicted molar refractivity (Wildman–Crippen MR) is 97.4 cm³/mol. The Morgan fingerprint density at radius 2 is 2.00 bits per heavy atom. The van der Waals surface area contributed by atoms with Crippen molar-refractivity contribution in [3.05, 3.63) is 28.7 Å². The van der Waals surface area contributed by atoms with Crippen LogP contribution in [0, 0.1) is 0 Å². The van der Waals surface area contributed by atoms with Crippen LogP contribution in [0.15, 0.2) is 28.3 Å². The summed E-state index contributed by atoms with van der Waals surface area (Å²) in [4.78, 5) is 15.0. The highest BCUT2D eigenvalue weighted by atomic mass is 32.2. The number of likely N-dealkylation sites (tertiary alicyclic amines) is 1. The number of hydrogen-bond acceptors (Lipinski definition) is 5. The monoisotopic (exact) mass is 347 g/mol. The van der Waals surface area contributed by atoms with Gasteiger partial charge in [-0.15, -0.1) is 10.2 Å². The maximum atomic E-state index is 12.5. The first-order chi connectivity index (χ1) is 11.7. The van der Waals surface area contributed by atoms with Crippen LogP contribution in [0.5, 0.6) is 0 Å². The Hall–Kier alpha value is -1.60. The predicted octanol–water partition coefficient (Wildman–Crippen LogP) is 2.24. The number of thioether (sulfide) groups is 1. The maximum absolute atomic E-state index is 12.5. The van der Waals surface area contributed by atoms with E-state index in [1.165, 1.54) is 32.4 Å². The number of piperidine rings is 1. The molecule has 2 aromatic heterocycles. The van der Waals surface area contributed by atoms with E-state index < -0.39 is 0 Å². The van der Waals surface area contributed by atoms with Crippen LogP contribution < -0.4 is 5.56 Å². The zero-order chi connectivity index (χ0) is 16.9. The Morgan fingerprint density at radius 3 is 2.75 bits per heavy atom. The molecule has 24 heavy (non-hydrogen) atoms. The minimum absolute atomic E-state index is 0.0135. The molecule has 1 aliphatic rings. The first-order valence-corrected chi connectivity index (χ1v) is 9.63. The average molecular weight is 347 g/mol. The summed E-state index contributed by atoms with van der Waals surface area (Å²) in [6.45, 7) is 6.13. The average Bonchev–Trinajstić information content (AvgIpc) is 2.97. The molecule has 1 aliphatic heterocycles. The Balaban J connectivity index is 1.68. The van der Waals surface area contributed by atoms with E-state index >= 15 is 0 Å². The fourth-order valence-electron chi connectivity index (χ4n) is 3.08. The lowest BCUT2D eigenvalue weighted by molar-refractivity contribution is 0.242. The van der Waals surface area contributed by atoms with Crippen molar-refractivity contribution < 1.29 is 0 Å². The van der Waals surface area contributed by atoms with Crippen molar-refractivity contribution in [3.8, 4) is 11.4 Å². The number of nitrogens with zero attached hydrogens (tertiary/aromatic N) is 5. The molecule has 0 radical (unpaired) electrons. The summed E-state index contributed by atoms with van der Waals surface area (Å²) in [6.07, 6.45) is 5.80. The maximum Gasteiger partial charge on any atom is 0.261 e. The minimum atomic E-state index is -0.0135. The molecule has 2 aromatic rings. The van der Waals surface area contributed by atoms with E-state index in [0.717, 1.165) is 17.5 Å². The van der Waals surface area contributed by atoms with Crippen LogP contribution in [0.4, 0.5) is 0 Å². The molecule has 3 heterocycles. The highest BCUT2D eigenvalue weighted by molar-refractivity contribution is 7.99. The first kappa shape index (κ1) is 17.2. The molecule has 0 bridgehead atoms. The third-order valence-corrected chi connectivity index (χ3v) is 5.52. The van der Waals surface area contributed by atoms with Gasteiger partial charge in [-0.2, -0.15) is 0 Å². The molecule has 130 valence electrons. The van der Waals surface area contributed by atoms with Gasteiger partial charge in [-0.1, -0.05) is 18.2 Å². The molecule has 0 atom stereocenters. The van der Waals surface area contributed by atoms with Crippen LogP contribution in [0.2, 0.25) is 0 Å². The second kappa shape index (κ2) is 7.98. The van der Waals surface area contributed by atoms with Crippen molar-refractivity contribution in [1.29, 1.82) is 0 Å². The van der Waals surface area contributed by atoms with Crippen molar-refractivity contribution in [3.63, 3.8) is 0 Å². The van der Waals surface area contributed by atoms with Crippen LogP contribution >= 0.6 is 11.8 Å². The molecule has 1 fully saturated rings. The molecule has 0 aromatic carbocycles. The lowest BCUT2D eigenvalue weighted by atomic mass is 10.1. The summed E-state index contributed by atoms with van der Waals surface area (Å²) in [5.74, 6) is 1.64. The van der Waals surface area contributed by atoms with E-state index in [2.05, 4.69) is 15.1 Å². The van der Waals surface area contributed by atoms with Crippen LogP contribution in [-0.4, -0.2) is 49.6 Å². The second-order valence-electron chi connectivity index (χ2n) is 6.13. The zero-order valence-electron chi connectivity index (χ0n) is 14.4. The van der Waals surface area contributed by atoms with Crippen molar-refractivity contribution in [2.75, 3.05) is 25.4 Å². The Bertz CT molecular complexity index is 733. The Labute approximate surface area is 146 Å². The Kier molecular flexibility index (Phi) is 5.73. The van der Waals surface area contributed by atoms with Gasteiger partial charge in [0.1, 0.15) is 0 Å².